The van der Waals surface area contributed by atoms with Gasteiger partial charge in [0.05, 0.1) is 11.2 Å². The minimum atomic E-state index is -0.477. The summed E-state index contributed by atoms with van der Waals surface area (Å²) in [6.07, 6.45) is 0. The summed E-state index contributed by atoms with van der Waals surface area (Å²) >= 11 is 0. The van der Waals surface area contributed by atoms with Crippen molar-refractivity contribution in [3.05, 3.63) is 40.5 Å². The van der Waals surface area contributed by atoms with Crippen LogP contribution in [0.4, 0.5) is 5.95 Å². The lowest BCUT2D eigenvalue weighted by molar-refractivity contribution is 0.555. The molecule has 4 N–H and O–H groups in total. The number of anilines is 1. The third kappa shape index (κ3) is 2.06. The zero-order chi connectivity index (χ0) is 13.4. The van der Waals surface area contributed by atoms with Crippen LogP contribution in [-0.2, 0) is 0 Å². The largest absolute Gasteiger partial charge is 0.417 e. The van der Waals surface area contributed by atoms with Crippen LogP contribution in [0.5, 0.6) is 0 Å². The standard InChI is InChI=1S/C12H11N5O2/c1-6-4-9(15-11(14-6)17-13)7-2-3-8-10(5-7)19-12(18)16-8/h2-5H,13H2,1H3,(H,16,18)(H,14,15,17). The molecule has 1 aromatic carbocycles. The minimum Gasteiger partial charge on any atom is -0.408 e. The SMILES string of the molecule is Cc1cc(-c2ccc3[nH]c(=O)oc3c2)nc(NN)n1. The number of nitrogens with zero attached hydrogens (tertiary/aromatic N) is 2. The molecule has 2 aromatic heterocycles. The van der Waals surface area contributed by atoms with E-state index in [0.29, 0.717) is 22.7 Å². The first-order valence-corrected chi connectivity index (χ1v) is 5.61. The molecule has 0 unspecified atom stereocenters. The first-order chi connectivity index (χ1) is 9.15. The summed E-state index contributed by atoms with van der Waals surface area (Å²) in [6.45, 7) is 1.85. The molecule has 7 heteroatoms. The molecular weight excluding hydrogens is 246 g/mol. The molecule has 3 rings (SSSR count). The lowest BCUT2D eigenvalue weighted by Gasteiger charge is -2.05. The Morgan fingerprint density at radius 2 is 2.16 bits per heavy atom. The highest BCUT2D eigenvalue weighted by atomic mass is 16.4. The molecule has 0 saturated heterocycles. The molecule has 7 nitrogen and oxygen atoms in total. The van der Waals surface area contributed by atoms with Gasteiger partial charge in [-0.15, -0.1) is 0 Å². The third-order valence-electron chi connectivity index (χ3n) is 2.70. The Balaban J connectivity index is 2.17. The zero-order valence-electron chi connectivity index (χ0n) is 10.1. The summed E-state index contributed by atoms with van der Waals surface area (Å²) in [6, 6.07) is 7.18. The van der Waals surface area contributed by atoms with Crippen molar-refractivity contribution < 1.29 is 4.42 Å². The van der Waals surface area contributed by atoms with Gasteiger partial charge >= 0.3 is 5.76 Å². The van der Waals surface area contributed by atoms with E-state index in [0.717, 1.165) is 11.3 Å². The molecule has 0 saturated carbocycles. The van der Waals surface area contributed by atoms with Gasteiger partial charge < -0.3 is 4.42 Å². The van der Waals surface area contributed by atoms with Gasteiger partial charge in [0.2, 0.25) is 5.95 Å². The van der Waals surface area contributed by atoms with Crippen LogP contribution >= 0.6 is 0 Å². The number of nitrogen functional groups attached to an aromatic ring is 1. The van der Waals surface area contributed by atoms with Crippen LogP contribution in [0.2, 0.25) is 0 Å². The third-order valence-corrected chi connectivity index (χ3v) is 2.70. The number of aromatic amines is 1. The van der Waals surface area contributed by atoms with Gasteiger partial charge in [0.1, 0.15) is 0 Å². The molecule has 96 valence electrons. The van der Waals surface area contributed by atoms with Gasteiger partial charge in [-0.3, -0.25) is 10.4 Å². The highest BCUT2D eigenvalue weighted by molar-refractivity contribution is 5.79. The molecular formula is C12H11N5O2. The Morgan fingerprint density at radius 1 is 1.32 bits per heavy atom. The van der Waals surface area contributed by atoms with Crippen LogP contribution < -0.4 is 17.0 Å². The van der Waals surface area contributed by atoms with Gasteiger partial charge in [-0.2, -0.15) is 0 Å². The quantitative estimate of drug-likeness (QED) is 0.469. The summed E-state index contributed by atoms with van der Waals surface area (Å²) in [4.78, 5) is 22.1. The molecule has 0 atom stereocenters. The number of oxazole rings is 1. The van der Waals surface area contributed by atoms with Crippen molar-refractivity contribution in [2.45, 2.75) is 6.92 Å². The molecule has 0 radical (unpaired) electrons. The predicted octanol–water partition coefficient (Wildman–Crippen LogP) is 1.17. The summed E-state index contributed by atoms with van der Waals surface area (Å²) < 4.78 is 5.02. The Morgan fingerprint density at radius 3 is 2.95 bits per heavy atom. The number of benzene rings is 1. The number of rotatable bonds is 2. The number of nitrogens with two attached hydrogens (primary N) is 1. The number of hydrogen-bond acceptors (Lipinski definition) is 6. The van der Waals surface area contributed by atoms with Crippen LogP contribution in [-0.4, -0.2) is 15.0 Å². The maximum atomic E-state index is 11.1. The van der Waals surface area contributed by atoms with Crippen molar-refractivity contribution >= 4 is 17.0 Å². The average molecular weight is 257 g/mol. The molecule has 2 heterocycles. The van der Waals surface area contributed by atoms with Crippen LogP contribution in [0, 0.1) is 6.92 Å². The van der Waals surface area contributed by atoms with Gasteiger partial charge in [-0.05, 0) is 25.1 Å². The first kappa shape index (κ1) is 11.4. The number of hydrazine groups is 1. The molecule has 0 aliphatic carbocycles. The highest BCUT2D eigenvalue weighted by Crippen LogP contribution is 2.22. The average Bonchev–Trinajstić information content (AvgIpc) is 2.76. The second-order valence-electron chi connectivity index (χ2n) is 4.09. The number of aryl methyl sites for hydroxylation is 1. The summed E-state index contributed by atoms with van der Waals surface area (Å²) in [5, 5.41) is 0. The fraction of sp³-hybridized carbons (Fsp3) is 0.0833. The highest BCUT2D eigenvalue weighted by Gasteiger charge is 2.07. The van der Waals surface area contributed by atoms with E-state index >= 15 is 0 Å². The monoisotopic (exact) mass is 257 g/mol. The van der Waals surface area contributed by atoms with E-state index in [4.69, 9.17) is 10.3 Å². The predicted molar refractivity (Wildman–Crippen MR) is 70.4 cm³/mol. The molecule has 0 aliphatic heterocycles. The number of H-pyrrole nitrogens is 1. The zero-order valence-corrected chi connectivity index (χ0v) is 10.1. The number of aromatic nitrogens is 3. The molecule has 3 aromatic rings. The van der Waals surface area contributed by atoms with Crippen LogP contribution in [0.15, 0.2) is 33.5 Å². The topological polar surface area (TPSA) is 110 Å². The normalized spacial score (nSPS) is 10.8. The Bertz CT molecular complexity index is 805. The van der Waals surface area contributed by atoms with E-state index in [1.807, 2.05) is 19.1 Å². The van der Waals surface area contributed by atoms with Gasteiger partial charge in [0.25, 0.3) is 0 Å². The lowest BCUT2D eigenvalue weighted by atomic mass is 10.1. The second kappa shape index (κ2) is 4.21. The number of hydrogen-bond donors (Lipinski definition) is 3. The van der Waals surface area contributed by atoms with E-state index in [1.165, 1.54) is 0 Å². The Labute approximate surface area is 107 Å². The van der Waals surface area contributed by atoms with E-state index in [-0.39, 0.29) is 0 Å². The first-order valence-electron chi connectivity index (χ1n) is 5.61. The van der Waals surface area contributed by atoms with Crippen LogP contribution in [0.25, 0.3) is 22.4 Å². The van der Waals surface area contributed by atoms with Crippen molar-refractivity contribution in [2.24, 2.45) is 5.84 Å². The van der Waals surface area contributed by atoms with Gasteiger partial charge in [-0.25, -0.2) is 20.6 Å². The van der Waals surface area contributed by atoms with Gasteiger partial charge in [0, 0.05) is 11.3 Å². The molecule has 0 spiro atoms. The lowest BCUT2D eigenvalue weighted by Crippen LogP contribution is -2.11. The van der Waals surface area contributed by atoms with Crippen LogP contribution in [0.3, 0.4) is 0 Å². The van der Waals surface area contributed by atoms with E-state index in [2.05, 4.69) is 20.4 Å². The van der Waals surface area contributed by atoms with Gasteiger partial charge in [-0.1, -0.05) is 6.07 Å². The van der Waals surface area contributed by atoms with E-state index < -0.39 is 5.76 Å². The number of nitrogens with one attached hydrogen (secondary N) is 2. The van der Waals surface area contributed by atoms with Gasteiger partial charge in [0.15, 0.2) is 5.58 Å². The smallest absolute Gasteiger partial charge is 0.408 e. The fourth-order valence-corrected chi connectivity index (χ4v) is 1.89. The maximum Gasteiger partial charge on any atom is 0.417 e. The molecule has 0 bridgehead atoms. The van der Waals surface area contributed by atoms with Crippen molar-refractivity contribution in [1.82, 2.24) is 15.0 Å². The van der Waals surface area contributed by atoms with Crippen molar-refractivity contribution in [2.75, 3.05) is 5.43 Å². The van der Waals surface area contributed by atoms with Crippen molar-refractivity contribution in [1.29, 1.82) is 0 Å². The maximum absolute atomic E-state index is 11.1. The molecule has 19 heavy (non-hydrogen) atoms. The number of fused-ring (bicyclic) bond motifs is 1. The molecule has 0 aliphatic rings. The molecule has 0 amide bonds. The summed E-state index contributed by atoms with van der Waals surface area (Å²) in [5.41, 5.74) is 5.86. The Kier molecular flexibility index (Phi) is 2.53. The van der Waals surface area contributed by atoms with E-state index in [1.54, 1.807) is 12.1 Å². The van der Waals surface area contributed by atoms with E-state index in [9.17, 15) is 4.79 Å². The van der Waals surface area contributed by atoms with Crippen molar-refractivity contribution in [3.63, 3.8) is 0 Å². The summed E-state index contributed by atoms with van der Waals surface area (Å²) in [5.74, 6) is 5.18. The fourth-order valence-electron chi connectivity index (χ4n) is 1.89. The minimum absolute atomic E-state index is 0.339. The second-order valence-corrected chi connectivity index (χ2v) is 4.09. The Hall–Kier alpha value is -2.67. The summed E-state index contributed by atoms with van der Waals surface area (Å²) in [7, 11) is 0. The van der Waals surface area contributed by atoms with Crippen molar-refractivity contribution in [3.8, 4) is 11.3 Å². The van der Waals surface area contributed by atoms with Crippen LogP contribution in [0.1, 0.15) is 5.69 Å². The molecule has 0 fully saturated rings.